The number of hydrogen-bond donors (Lipinski definition) is 0. The fourth-order valence-corrected chi connectivity index (χ4v) is 4.03. The Morgan fingerprint density at radius 2 is 1.96 bits per heavy atom. The van der Waals surface area contributed by atoms with Crippen LogP contribution < -0.4 is 9.64 Å². The second-order valence-corrected chi connectivity index (χ2v) is 7.74. The lowest BCUT2D eigenvalue weighted by Crippen LogP contribution is -2.36. The Kier molecular flexibility index (Phi) is 5.11. The number of hydrogen-bond acceptors (Lipinski definition) is 6. The first kappa shape index (κ1) is 17.6. The first-order valence-electron chi connectivity index (χ1n) is 8.78. The van der Waals surface area contributed by atoms with Gasteiger partial charge in [0.2, 0.25) is 0 Å². The van der Waals surface area contributed by atoms with E-state index in [1.54, 1.807) is 16.7 Å². The van der Waals surface area contributed by atoms with Crippen molar-refractivity contribution in [2.24, 2.45) is 0 Å². The zero-order valence-corrected chi connectivity index (χ0v) is 15.7. The molecule has 6 nitrogen and oxygen atoms in total. The molecule has 7 heteroatoms. The maximum atomic E-state index is 12.8. The molecule has 2 aromatic carbocycles. The highest BCUT2D eigenvalue weighted by Gasteiger charge is 2.24. The molecule has 1 amide bonds. The molecule has 27 heavy (non-hydrogen) atoms. The average Bonchev–Trinajstić information content (AvgIpc) is 3.10. The van der Waals surface area contributed by atoms with Crippen LogP contribution in [0.5, 0.6) is 6.08 Å². The third kappa shape index (κ3) is 3.98. The van der Waals surface area contributed by atoms with Crippen LogP contribution in [0.15, 0.2) is 63.9 Å². The van der Waals surface area contributed by atoms with Crippen molar-refractivity contribution >= 4 is 23.4 Å². The summed E-state index contributed by atoms with van der Waals surface area (Å²) in [5.41, 5.74) is 1.73. The van der Waals surface area contributed by atoms with Crippen LogP contribution in [-0.4, -0.2) is 34.5 Å². The molecule has 0 fully saturated rings. The van der Waals surface area contributed by atoms with Gasteiger partial charge in [0.15, 0.2) is 6.61 Å². The highest BCUT2D eigenvalue weighted by molar-refractivity contribution is 8.00. The van der Waals surface area contributed by atoms with Gasteiger partial charge in [-0.3, -0.25) is 4.79 Å². The van der Waals surface area contributed by atoms with Crippen LogP contribution in [0.3, 0.4) is 0 Å². The fraction of sp³-hybridized carbons (Fsp3) is 0.250. The molecule has 2 heterocycles. The lowest BCUT2D eigenvalue weighted by atomic mass is 10.2. The van der Waals surface area contributed by atoms with Gasteiger partial charge in [-0.25, -0.2) is 0 Å². The van der Waals surface area contributed by atoms with Crippen molar-refractivity contribution in [3.05, 3.63) is 54.6 Å². The number of para-hydroxylation sites is 1. The first-order chi connectivity index (χ1) is 13.2. The van der Waals surface area contributed by atoms with Crippen molar-refractivity contribution in [1.29, 1.82) is 0 Å². The fourth-order valence-electron chi connectivity index (χ4n) is 2.91. The molecule has 0 bridgehead atoms. The number of ether oxygens (including phenoxy) is 1. The minimum atomic E-state index is -0.149. The maximum Gasteiger partial charge on any atom is 0.415 e. The van der Waals surface area contributed by atoms with Crippen molar-refractivity contribution in [3.8, 4) is 17.5 Å². The molecule has 0 N–H and O–H groups in total. The summed E-state index contributed by atoms with van der Waals surface area (Å²) in [4.78, 5) is 15.7. The van der Waals surface area contributed by atoms with Gasteiger partial charge in [0.25, 0.3) is 11.8 Å². The second-order valence-electron chi connectivity index (χ2n) is 6.26. The van der Waals surface area contributed by atoms with Crippen molar-refractivity contribution in [2.45, 2.75) is 23.5 Å². The molecule has 0 aliphatic carbocycles. The molecule has 1 aliphatic rings. The summed E-state index contributed by atoms with van der Waals surface area (Å²) in [6.45, 7) is 2.69. The van der Waals surface area contributed by atoms with E-state index in [-0.39, 0.29) is 18.6 Å². The van der Waals surface area contributed by atoms with Gasteiger partial charge in [-0.1, -0.05) is 42.4 Å². The van der Waals surface area contributed by atoms with E-state index in [9.17, 15) is 4.79 Å². The second kappa shape index (κ2) is 7.84. The van der Waals surface area contributed by atoms with Crippen molar-refractivity contribution in [2.75, 3.05) is 18.1 Å². The van der Waals surface area contributed by atoms with Crippen LogP contribution in [0.25, 0.3) is 11.5 Å². The Balaban J connectivity index is 1.45. The van der Waals surface area contributed by atoms with Crippen LogP contribution in [0.4, 0.5) is 5.69 Å². The van der Waals surface area contributed by atoms with E-state index in [0.29, 0.717) is 17.7 Å². The molecule has 1 aliphatic heterocycles. The van der Waals surface area contributed by atoms with Gasteiger partial charge in [-0.15, -0.1) is 16.9 Å². The van der Waals surface area contributed by atoms with Gasteiger partial charge >= 0.3 is 6.08 Å². The highest BCUT2D eigenvalue weighted by Crippen LogP contribution is 2.37. The Bertz CT molecular complexity index is 929. The number of anilines is 1. The Morgan fingerprint density at radius 1 is 1.19 bits per heavy atom. The average molecular weight is 381 g/mol. The molecule has 1 aromatic heterocycles. The minimum Gasteiger partial charge on any atom is -0.439 e. The monoisotopic (exact) mass is 381 g/mol. The molecule has 0 unspecified atom stereocenters. The summed E-state index contributed by atoms with van der Waals surface area (Å²) < 4.78 is 11.0. The number of fused-ring (bicyclic) bond motifs is 1. The molecule has 0 radical (unpaired) electrons. The van der Waals surface area contributed by atoms with Gasteiger partial charge in [0.05, 0.1) is 5.69 Å². The van der Waals surface area contributed by atoms with Gasteiger partial charge in [0, 0.05) is 22.3 Å². The largest absolute Gasteiger partial charge is 0.439 e. The normalized spacial score (nSPS) is 16.5. The van der Waals surface area contributed by atoms with Crippen LogP contribution in [0.2, 0.25) is 0 Å². The third-order valence-corrected chi connectivity index (χ3v) is 5.53. The summed E-state index contributed by atoms with van der Waals surface area (Å²) in [5, 5.41) is 8.29. The first-order valence-corrected chi connectivity index (χ1v) is 9.66. The number of aromatic nitrogens is 2. The van der Waals surface area contributed by atoms with E-state index in [4.69, 9.17) is 9.15 Å². The van der Waals surface area contributed by atoms with Crippen LogP contribution in [-0.2, 0) is 4.79 Å². The number of nitrogens with zero attached hydrogens (tertiary/aromatic N) is 3. The van der Waals surface area contributed by atoms with Crippen molar-refractivity contribution in [1.82, 2.24) is 10.2 Å². The van der Waals surface area contributed by atoms with Gasteiger partial charge in [-0.05, 0) is 30.7 Å². The molecule has 0 saturated heterocycles. The number of carbonyl (C=O) groups is 1. The lowest BCUT2D eigenvalue weighted by molar-refractivity contribution is -0.121. The number of benzene rings is 2. The molecular weight excluding hydrogens is 362 g/mol. The molecule has 1 atom stereocenters. The van der Waals surface area contributed by atoms with Gasteiger partial charge in [-0.2, -0.15) is 0 Å². The lowest BCUT2D eigenvalue weighted by Gasteiger charge is -2.22. The maximum absolute atomic E-state index is 12.8. The summed E-state index contributed by atoms with van der Waals surface area (Å²) in [6.07, 6.45) is 0.914. The minimum absolute atomic E-state index is 0.00643. The predicted molar refractivity (Wildman–Crippen MR) is 104 cm³/mol. The van der Waals surface area contributed by atoms with E-state index >= 15 is 0 Å². The molecule has 0 saturated carbocycles. The summed E-state index contributed by atoms with van der Waals surface area (Å²) in [7, 11) is 0. The summed E-state index contributed by atoms with van der Waals surface area (Å²) in [6, 6.07) is 17.4. The van der Waals surface area contributed by atoms with Gasteiger partial charge in [0.1, 0.15) is 0 Å². The standard InChI is InChI=1S/C20H19N3O3S/c1-14-11-12-23(16-9-5-6-10-17(16)27-14)18(24)13-25-20-22-21-19(26-20)15-7-3-2-4-8-15/h2-10,14H,11-13H2,1H3/t14-/m1/s1. The Hall–Kier alpha value is -2.80. The summed E-state index contributed by atoms with van der Waals surface area (Å²) in [5.74, 6) is 0.236. The molecule has 3 aromatic rings. The zero-order chi connectivity index (χ0) is 18.6. The molecule has 0 spiro atoms. The number of amides is 1. The van der Waals surface area contributed by atoms with Crippen LogP contribution in [0.1, 0.15) is 13.3 Å². The number of carbonyl (C=O) groups excluding carboxylic acids is 1. The van der Waals surface area contributed by atoms with Gasteiger partial charge < -0.3 is 14.1 Å². The molecule has 138 valence electrons. The number of rotatable bonds is 4. The summed E-state index contributed by atoms with van der Waals surface area (Å²) >= 11 is 1.79. The predicted octanol–water partition coefficient (Wildman–Crippen LogP) is 4.03. The molecular formula is C20H19N3O3S. The SMILES string of the molecule is C[C@@H]1CCN(C(=O)COc2nnc(-c3ccccc3)o2)c2ccccc2S1. The van der Waals surface area contributed by atoms with E-state index in [2.05, 4.69) is 17.1 Å². The number of thioether (sulfide) groups is 1. The van der Waals surface area contributed by atoms with E-state index in [1.807, 2.05) is 54.6 Å². The Labute approximate surface area is 161 Å². The van der Waals surface area contributed by atoms with Crippen LogP contribution in [0, 0.1) is 0 Å². The topological polar surface area (TPSA) is 68.5 Å². The van der Waals surface area contributed by atoms with Crippen molar-refractivity contribution < 1.29 is 13.9 Å². The molecule has 4 rings (SSSR count). The van der Waals surface area contributed by atoms with E-state index in [1.165, 1.54) is 0 Å². The quantitative estimate of drug-likeness (QED) is 0.680. The third-order valence-electron chi connectivity index (χ3n) is 4.29. The van der Waals surface area contributed by atoms with E-state index in [0.717, 1.165) is 22.6 Å². The van der Waals surface area contributed by atoms with E-state index < -0.39 is 0 Å². The Morgan fingerprint density at radius 3 is 2.81 bits per heavy atom. The van der Waals surface area contributed by atoms with Crippen molar-refractivity contribution in [3.63, 3.8) is 0 Å². The highest BCUT2D eigenvalue weighted by atomic mass is 32.2. The smallest absolute Gasteiger partial charge is 0.415 e. The van der Waals surface area contributed by atoms with Crippen LogP contribution >= 0.6 is 11.8 Å². The zero-order valence-electron chi connectivity index (χ0n) is 14.9.